The molecule has 2 rings (SSSR count). The highest BCUT2D eigenvalue weighted by Gasteiger charge is 2.29. The van der Waals surface area contributed by atoms with Crippen LogP contribution in [0.1, 0.15) is 57.8 Å². The molecule has 0 bridgehead atoms. The summed E-state index contributed by atoms with van der Waals surface area (Å²) in [6, 6.07) is 0.416. The average molecular weight is 282 g/mol. The Kier molecular flexibility index (Phi) is 4.34. The van der Waals surface area contributed by atoms with Crippen molar-refractivity contribution in [3.8, 4) is 0 Å². The largest absolute Gasteiger partial charge is 0.354 e. The van der Waals surface area contributed by atoms with Crippen molar-refractivity contribution in [2.75, 3.05) is 11.4 Å². The van der Waals surface area contributed by atoms with Gasteiger partial charge in [-0.2, -0.15) is 0 Å². The zero-order valence-corrected chi connectivity index (χ0v) is 13.3. The van der Waals surface area contributed by atoms with Gasteiger partial charge in [-0.1, -0.05) is 25.4 Å². The normalized spacial score (nSPS) is 15.4. The van der Waals surface area contributed by atoms with Gasteiger partial charge in [0.2, 0.25) is 0 Å². The van der Waals surface area contributed by atoms with Crippen molar-refractivity contribution in [3.05, 3.63) is 16.5 Å². The Balaban J connectivity index is 2.39. The van der Waals surface area contributed by atoms with E-state index in [4.69, 9.17) is 16.6 Å². The summed E-state index contributed by atoms with van der Waals surface area (Å²) in [7, 11) is 0. The molecule has 1 heterocycles. The van der Waals surface area contributed by atoms with Gasteiger partial charge in [0.1, 0.15) is 16.8 Å². The van der Waals surface area contributed by atoms with E-state index >= 15 is 0 Å². The Morgan fingerprint density at radius 3 is 2.32 bits per heavy atom. The van der Waals surface area contributed by atoms with Crippen molar-refractivity contribution in [2.24, 2.45) is 5.92 Å². The highest BCUT2D eigenvalue weighted by atomic mass is 35.5. The van der Waals surface area contributed by atoms with Crippen molar-refractivity contribution >= 4 is 17.4 Å². The van der Waals surface area contributed by atoms with Crippen LogP contribution in [-0.4, -0.2) is 22.6 Å². The van der Waals surface area contributed by atoms with Crippen LogP contribution in [0.3, 0.4) is 0 Å². The molecule has 0 aliphatic heterocycles. The summed E-state index contributed by atoms with van der Waals surface area (Å²) in [5.41, 5.74) is 1.00. The predicted octanol–water partition coefficient (Wildman–Crippen LogP) is 4.19. The van der Waals surface area contributed by atoms with Gasteiger partial charge >= 0.3 is 0 Å². The molecule has 1 aliphatic rings. The highest BCUT2D eigenvalue weighted by Crippen LogP contribution is 2.40. The predicted molar refractivity (Wildman–Crippen MR) is 81.1 cm³/mol. The Morgan fingerprint density at radius 2 is 1.84 bits per heavy atom. The molecule has 0 atom stereocenters. The zero-order valence-electron chi connectivity index (χ0n) is 12.6. The van der Waals surface area contributed by atoms with Crippen LogP contribution in [0.4, 0.5) is 5.82 Å². The molecule has 1 aromatic rings. The van der Waals surface area contributed by atoms with E-state index in [0.717, 1.165) is 23.8 Å². The first-order valence-electron chi connectivity index (χ1n) is 7.20. The Labute approximate surface area is 121 Å². The van der Waals surface area contributed by atoms with E-state index in [0.29, 0.717) is 23.0 Å². The fourth-order valence-electron chi connectivity index (χ4n) is 2.23. The third kappa shape index (κ3) is 3.38. The van der Waals surface area contributed by atoms with Crippen molar-refractivity contribution in [1.29, 1.82) is 0 Å². The topological polar surface area (TPSA) is 29.0 Å². The molecule has 1 aliphatic carbocycles. The molecule has 0 amide bonds. The Morgan fingerprint density at radius 1 is 1.21 bits per heavy atom. The monoisotopic (exact) mass is 281 g/mol. The maximum atomic E-state index is 6.30. The maximum absolute atomic E-state index is 6.30. The summed E-state index contributed by atoms with van der Waals surface area (Å²) >= 11 is 6.30. The molecule has 0 aromatic carbocycles. The van der Waals surface area contributed by atoms with Crippen molar-refractivity contribution < 1.29 is 0 Å². The smallest absolute Gasteiger partial charge is 0.137 e. The number of anilines is 1. The SMILES string of the molecule is Cc1c(Cl)nc(C2CC2)nc1N(CC(C)C)C(C)C. The van der Waals surface area contributed by atoms with Gasteiger partial charge < -0.3 is 4.90 Å². The molecule has 19 heavy (non-hydrogen) atoms. The first kappa shape index (κ1) is 14.6. The average Bonchev–Trinajstić information content (AvgIpc) is 3.13. The first-order valence-corrected chi connectivity index (χ1v) is 7.58. The minimum absolute atomic E-state index is 0.416. The van der Waals surface area contributed by atoms with Crippen molar-refractivity contribution in [1.82, 2.24) is 9.97 Å². The molecule has 0 spiro atoms. The minimum Gasteiger partial charge on any atom is -0.354 e. The van der Waals surface area contributed by atoms with Gasteiger partial charge in [0.25, 0.3) is 0 Å². The standard InChI is InChI=1S/C15H24ClN3/c1-9(2)8-19(10(3)4)15-11(5)13(16)17-14(18-15)12-6-7-12/h9-10,12H,6-8H2,1-5H3. The van der Waals surface area contributed by atoms with Gasteiger partial charge in [-0.15, -0.1) is 0 Å². The number of nitrogens with zero attached hydrogens (tertiary/aromatic N) is 3. The summed E-state index contributed by atoms with van der Waals surface area (Å²) < 4.78 is 0. The third-order valence-corrected chi connectivity index (χ3v) is 3.85. The second-order valence-corrected chi connectivity index (χ2v) is 6.59. The number of aromatic nitrogens is 2. The van der Waals surface area contributed by atoms with E-state index in [9.17, 15) is 0 Å². The molecule has 0 radical (unpaired) electrons. The van der Waals surface area contributed by atoms with Crippen LogP contribution in [0, 0.1) is 12.8 Å². The molecule has 106 valence electrons. The number of rotatable bonds is 5. The van der Waals surface area contributed by atoms with Crippen LogP contribution in [0.15, 0.2) is 0 Å². The second kappa shape index (κ2) is 5.66. The lowest BCUT2D eigenvalue weighted by molar-refractivity contribution is 0.563. The molecule has 1 saturated carbocycles. The molecule has 4 heteroatoms. The van der Waals surface area contributed by atoms with E-state index in [1.165, 1.54) is 12.8 Å². The maximum Gasteiger partial charge on any atom is 0.137 e. The first-order chi connectivity index (χ1) is 8.90. The molecule has 0 saturated heterocycles. The van der Waals surface area contributed by atoms with Crippen LogP contribution < -0.4 is 4.90 Å². The van der Waals surface area contributed by atoms with Crippen LogP contribution in [-0.2, 0) is 0 Å². The summed E-state index contributed by atoms with van der Waals surface area (Å²) in [6.07, 6.45) is 2.40. The minimum atomic E-state index is 0.416. The fourth-order valence-corrected chi connectivity index (χ4v) is 2.40. The molecular weight excluding hydrogens is 258 g/mol. The van der Waals surface area contributed by atoms with Crippen LogP contribution in [0.25, 0.3) is 0 Å². The Hall–Kier alpha value is -0.830. The number of hydrogen-bond donors (Lipinski definition) is 0. The van der Waals surface area contributed by atoms with Gasteiger partial charge in [-0.05, 0) is 39.5 Å². The van der Waals surface area contributed by atoms with E-state index in [2.05, 4.69) is 37.6 Å². The summed E-state index contributed by atoms with van der Waals surface area (Å²) in [5, 5.41) is 0.612. The summed E-state index contributed by atoms with van der Waals surface area (Å²) in [5.74, 6) is 3.08. The lowest BCUT2D eigenvalue weighted by Crippen LogP contribution is -2.35. The van der Waals surface area contributed by atoms with Crippen LogP contribution in [0.5, 0.6) is 0 Å². The number of hydrogen-bond acceptors (Lipinski definition) is 3. The van der Waals surface area contributed by atoms with Gasteiger partial charge in [0.15, 0.2) is 0 Å². The zero-order chi connectivity index (χ0) is 14.2. The van der Waals surface area contributed by atoms with Crippen molar-refractivity contribution in [2.45, 2.75) is 59.4 Å². The van der Waals surface area contributed by atoms with E-state index in [-0.39, 0.29) is 0 Å². The van der Waals surface area contributed by atoms with Gasteiger partial charge in [-0.25, -0.2) is 9.97 Å². The lowest BCUT2D eigenvalue weighted by atomic mass is 10.1. The molecule has 0 unspecified atom stereocenters. The lowest BCUT2D eigenvalue weighted by Gasteiger charge is -2.31. The quantitative estimate of drug-likeness (QED) is 0.758. The van der Waals surface area contributed by atoms with Gasteiger partial charge in [-0.3, -0.25) is 0 Å². The van der Waals surface area contributed by atoms with E-state index in [1.807, 2.05) is 6.92 Å². The van der Waals surface area contributed by atoms with Crippen LogP contribution in [0.2, 0.25) is 5.15 Å². The van der Waals surface area contributed by atoms with Crippen LogP contribution >= 0.6 is 11.6 Å². The Bertz CT molecular complexity index is 453. The second-order valence-electron chi connectivity index (χ2n) is 6.24. The molecule has 3 nitrogen and oxygen atoms in total. The van der Waals surface area contributed by atoms with E-state index in [1.54, 1.807) is 0 Å². The fraction of sp³-hybridized carbons (Fsp3) is 0.733. The van der Waals surface area contributed by atoms with Gasteiger partial charge in [0.05, 0.1) is 0 Å². The number of halogens is 1. The molecular formula is C15H24ClN3. The molecule has 1 fully saturated rings. The van der Waals surface area contributed by atoms with Crippen molar-refractivity contribution in [3.63, 3.8) is 0 Å². The summed E-state index contributed by atoms with van der Waals surface area (Å²) in [6.45, 7) is 11.9. The van der Waals surface area contributed by atoms with Gasteiger partial charge in [0, 0.05) is 24.1 Å². The summed E-state index contributed by atoms with van der Waals surface area (Å²) in [4.78, 5) is 11.6. The van der Waals surface area contributed by atoms with E-state index < -0.39 is 0 Å². The third-order valence-electron chi connectivity index (χ3n) is 3.48. The molecule has 0 N–H and O–H groups in total. The molecule has 1 aromatic heterocycles. The highest BCUT2D eigenvalue weighted by molar-refractivity contribution is 6.30.